The molecule has 2 atom stereocenters. The SMILES string of the molecule is CC(CO)C1CCN(C(=O)OC(C)(C)C)C1. The predicted octanol–water partition coefficient (Wildman–Crippen LogP) is 1.87. The van der Waals surface area contributed by atoms with Gasteiger partial charge in [-0.2, -0.15) is 0 Å². The summed E-state index contributed by atoms with van der Waals surface area (Å²) >= 11 is 0. The number of likely N-dealkylation sites (tertiary alicyclic amines) is 1. The van der Waals surface area contributed by atoms with E-state index in [-0.39, 0.29) is 18.6 Å². The fourth-order valence-electron chi connectivity index (χ4n) is 1.89. The fourth-order valence-corrected chi connectivity index (χ4v) is 1.89. The maximum Gasteiger partial charge on any atom is 0.410 e. The quantitative estimate of drug-likeness (QED) is 0.786. The van der Waals surface area contributed by atoms with Crippen LogP contribution in [0.15, 0.2) is 0 Å². The molecule has 1 rings (SSSR count). The van der Waals surface area contributed by atoms with E-state index in [4.69, 9.17) is 9.84 Å². The van der Waals surface area contributed by atoms with Gasteiger partial charge in [0.05, 0.1) is 0 Å². The highest BCUT2D eigenvalue weighted by Crippen LogP contribution is 2.25. The lowest BCUT2D eigenvalue weighted by Crippen LogP contribution is -2.35. The van der Waals surface area contributed by atoms with Crippen molar-refractivity contribution >= 4 is 6.09 Å². The molecule has 94 valence electrons. The molecule has 1 heterocycles. The monoisotopic (exact) mass is 229 g/mol. The Balaban J connectivity index is 2.44. The summed E-state index contributed by atoms with van der Waals surface area (Å²) < 4.78 is 5.31. The van der Waals surface area contributed by atoms with Crippen LogP contribution in [0.2, 0.25) is 0 Å². The molecule has 1 fully saturated rings. The molecule has 16 heavy (non-hydrogen) atoms. The van der Waals surface area contributed by atoms with E-state index >= 15 is 0 Å². The second kappa shape index (κ2) is 5.04. The first-order valence-electron chi connectivity index (χ1n) is 5.92. The van der Waals surface area contributed by atoms with Crippen LogP contribution in [0.5, 0.6) is 0 Å². The van der Waals surface area contributed by atoms with Crippen LogP contribution in [-0.4, -0.2) is 41.4 Å². The molecule has 4 heteroatoms. The Bertz CT molecular complexity index is 247. The van der Waals surface area contributed by atoms with Crippen LogP contribution in [0, 0.1) is 11.8 Å². The minimum atomic E-state index is -0.433. The zero-order chi connectivity index (χ0) is 12.3. The topological polar surface area (TPSA) is 49.8 Å². The van der Waals surface area contributed by atoms with E-state index in [2.05, 4.69) is 0 Å². The Morgan fingerprint density at radius 2 is 2.19 bits per heavy atom. The third kappa shape index (κ3) is 3.67. The van der Waals surface area contributed by atoms with Gasteiger partial charge in [0.25, 0.3) is 0 Å². The van der Waals surface area contributed by atoms with Crippen molar-refractivity contribution in [1.29, 1.82) is 0 Å². The molecule has 1 saturated heterocycles. The van der Waals surface area contributed by atoms with Gasteiger partial charge < -0.3 is 14.7 Å². The number of carbonyl (C=O) groups excluding carboxylic acids is 1. The smallest absolute Gasteiger partial charge is 0.410 e. The Morgan fingerprint density at radius 3 is 2.69 bits per heavy atom. The van der Waals surface area contributed by atoms with Gasteiger partial charge in [0.15, 0.2) is 0 Å². The Labute approximate surface area is 97.6 Å². The van der Waals surface area contributed by atoms with E-state index in [1.54, 1.807) is 4.90 Å². The molecule has 0 aromatic heterocycles. The van der Waals surface area contributed by atoms with E-state index in [9.17, 15) is 4.79 Å². The van der Waals surface area contributed by atoms with Gasteiger partial charge in [0.1, 0.15) is 5.60 Å². The van der Waals surface area contributed by atoms with E-state index in [1.165, 1.54) is 0 Å². The molecule has 2 unspecified atom stereocenters. The molecule has 0 aromatic rings. The standard InChI is InChI=1S/C12H23NO3/c1-9(8-14)10-5-6-13(7-10)11(15)16-12(2,3)4/h9-10,14H,5-8H2,1-4H3. The van der Waals surface area contributed by atoms with Crippen molar-refractivity contribution in [3.05, 3.63) is 0 Å². The van der Waals surface area contributed by atoms with Crippen molar-refractivity contribution < 1.29 is 14.6 Å². The lowest BCUT2D eigenvalue weighted by molar-refractivity contribution is 0.0280. The molecular formula is C12H23NO3. The van der Waals surface area contributed by atoms with Gasteiger partial charge in [-0.05, 0) is 39.0 Å². The maximum absolute atomic E-state index is 11.8. The maximum atomic E-state index is 11.8. The van der Waals surface area contributed by atoms with Gasteiger partial charge in [-0.3, -0.25) is 0 Å². The summed E-state index contributed by atoms with van der Waals surface area (Å²) in [6.45, 7) is 9.26. The van der Waals surface area contributed by atoms with Crippen LogP contribution >= 0.6 is 0 Å². The number of aliphatic hydroxyl groups excluding tert-OH is 1. The number of carbonyl (C=O) groups is 1. The summed E-state index contributed by atoms with van der Waals surface area (Å²) in [4.78, 5) is 13.5. The van der Waals surface area contributed by atoms with Crippen LogP contribution in [0.1, 0.15) is 34.1 Å². The number of hydrogen-bond donors (Lipinski definition) is 1. The molecule has 0 aromatic carbocycles. The Kier molecular flexibility index (Phi) is 4.19. The van der Waals surface area contributed by atoms with Crippen molar-refractivity contribution in [3.8, 4) is 0 Å². The molecule has 1 aliphatic rings. The minimum absolute atomic E-state index is 0.187. The average Bonchev–Trinajstić information content (AvgIpc) is 2.62. The van der Waals surface area contributed by atoms with Crippen LogP contribution in [0.4, 0.5) is 4.79 Å². The number of rotatable bonds is 2. The number of amides is 1. The lowest BCUT2D eigenvalue weighted by Gasteiger charge is -2.25. The molecule has 1 N–H and O–H groups in total. The number of nitrogens with zero attached hydrogens (tertiary/aromatic N) is 1. The zero-order valence-electron chi connectivity index (χ0n) is 10.7. The number of ether oxygens (including phenoxy) is 1. The lowest BCUT2D eigenvalue weighted by atomic mass is 9.94. The molecule has 1 amide bonds. The summed E-state index contributed by atoms with van der Waals surface area (Å²) in [5.74, 6) is 0.657. The summed E-state index contributed by atoms with van der Waals surface area (Å²) in [7, 11) is 0. The van der Waals surface area contributed by atoms with Crippen molar-refractivity contribution in [2.24, 2.45) is 11.8 Å². The van der Waals surface area contributed by atoms with Crippen molar-refractivity contribution in [1.82, 2.24) is 4.90 Å². The molecular weight excluding hydrogens is 206 g/mol. The highest BCUT2D eigenvalue weighted by molar-refractivity contribution is 5.68. The molecule has 0 bridgehead atoms. The van der Waals surface area contributed by atoms with Crippen LogP contribution in [0.25, 0.3) is 0 Å². The molecule has 0 saturated carbocycles. The summed E-state index contributed by atoms with van der Waals surface area (Å²) in [6.07, 6.45) is 0.723. The molecule has 4 nitrogen and oxygen atoms in total. The van der Waals surface area contributed by atoms with E-state index in [1.807, 2.05) is 27.7 Å². The Morgan fingerprint density at radius 1 is 1.56 bits per heavy atom. The van der Waals surface area contributed by atoms with Gasteiger partial charge in [-0.25, -0.2) is 4.79 Å². The van der Waals surface area contributed by atoms with Crippen LogP contribution in [0.3, 0.4) is 0 Å². The second-order valence-corrected chi connectivity index (χ2v) is 5.63. The summed E-state index contributed by atoms with van der Waals surface area (Å²) in [6, 6.07) is 0. The van der Waals surface area contributed by atoms with E-state index < -0.39 is 5.60 Å². The number of hydrogen-bond acceptors (Lipinski definition) is 3. The zero-order valence-corrected chi connectivity index (χ0v) is 10.7. The first-order valence-corrected chi connectivity index (χ1v) is 5.92. The normalized spacial score (nSPS) is 23.3. The van der Waals surface area contributed by atoms with Crippen molar-refractivity contribution in [2.45, 2.75) is 39.7 Å². The minimum Gasteiger partial charge on any atom is -0.444 e. The average molecular weight is 229 g/mol. The predicted molar refractivity (Wildman–Crippen MR) is 62.2 cm³/mol. The molecule has 0 radical (unpaired) electrons. The summed E-state index contributed by atoms with van der Waals surface area (Å²) in [5.41, 5.74) is -0.433. The van der Waals surface area contributed by atoms with Gasteiger partial charge in [-0.15, -0.1) is 0 Å². The second-order valence-electron chi connectivity index (χ2n) is 5.63. The largest absolute Gasteiger partial charge is 0.444 e. The van der Waals surface area contributed by atoms with Crippen molar-refractivity contribution in [3.63, 3.8) is 0 Å². The fraction of sp³-hybridized carbons (Fsp3) is 0.917. The highest BCUT2D eigenvalue weighted by Gasteiger charge is 2.31. The molecule has 0 spiro atoms. The van der Waals surface area contributed by atoms with E-state index in [0.29, 0.717) is 12.5 Å². The number of aliphatic hydroxyl groups is 1. The third-order valence-corrected chi connectivity index (χ3v) is 2.97. The van der Waals surface area contributed by atoms with Crippen molar-refractivity contribution in [2.75, 3.05) is 19.7 Å². The summed E-state index contributed by atoms with van der Waals surface area (Å²) in [5, 5.41) is 9.07. The van der Waals surface area contributed by atoms with Crippen LogP contribution in [-0.2, 0) is 4.74 Å². The first kappa shape index (κ1) is 13.3. The van der Waals surface area contributed by atoms with E-state index in [0.717, 1.165) is 13.0 Å². The third-order valence-electron chi connectivity index (χ3n) is 2.97. The Hall–Kier alpha value is -0.770. The molecule has 0 aliphatic carbocycles. The van der Waals surface area contributed by atoms with Gasteiger partial charge >= 0.3 is 6.09 Å². The van der Waals surface area contributed by atoms with Crippen LogP contribution < -0.4 is 0 Å². The van der Waals surface area contributed by atoms with Gasteiger partial charge in [0.2, 0.25) is 0 Å². The first-order chi connectivity index (χ1) is 7.33. The van der Waals surface area contributed by atoms with Gasteiger partial charge in [-0.1, -0.05) is 6.92 Å². The van der Waals surface area contributed by atoms with Gasteiger partial charge in [0, 0.05) is 19.7 Å². The highest BCUT2D eigenvalue weighted by atomic mass is 16.6. The molecule has 1 aliphatic heterocycles.